The van der Waals surface area contributed by atoms with Crippen molar-refractivity contribution in [1.82, 2.24) is 19.4 Å². The number of carbonyl (C=O) groups is 1. The quantitative estimate of drug-likeness (QED) is 0.426. The number of amides is 1. The maximum Gasteiger partial charge on any atom is 0.410 e. The van der Waals surface area contributed by atoms with Gasteiger partial charge in [0.1, 0.15) is 17.3 Å². The Morgan fingerprint density at radius 2 is 1.85 bits per heavy atom. The van der Waals surface area contributed by atoms with Gasteiger partial charge in [0.15, 0.2) is 0 Å². The number of nitrogens with zero attached hydrogens (tertiary/aromatic N) is 4. The van der Waals surface area contributed by atoms with Gasteiger partial charge in [-0.05, 0) is 51.3 Å². The van der Waals surface area contributed by atoms with E-state index in [-0.39, 0.29) is 18.1 Å². The van der Waals surface area contributed by atoms with Gasteiger partial charge in [-0.15, -0.1) is 0 Å². The third-order valence-corrected chi connectivity index (χ3v) is 8.25. The van der Waals surface area contributed by atoms with Crippen LogP contribution in [0.5, 0.6) is 11.6 Å². The Labute approximate surface area is 245 Å². The summed E-state index contributed by atoms with van der Waals surface area (Å²) in [5, 5.41) is 13.6. The van der Waals surface area contributed by atoms with Crippen molar-refractivity contribution in [3.8, 4) is 11.6 Å². The van der Waals surface area contributed by atoms with E-state index in [1.165, 1.54) is 0 Å². The van der Waals surface area contributed by atoms with Crippen molar-refractivity contribution >= 4 is 28.6 Å². The lowest BCUT2D eigenvalue weighted by molar-refractivity contribution is -0.0275. The molecule has 3 aromatic rings. The van der Waals surface area contributed by atoms with Crippen LogP contribution in [0.2, 0.25) is 5.02 Å². The van der Waals surface area contributed by atoms with E-state index in [0.29, 0.717) is 78.0 Å². The summed E-state index contributed by atoms with van der Waals surface area (Å²) in [6.45, 7) is 7.75. The van der Waals surface area contributed by atoms with E-state index in [9.17, 15) is 9.90 Å². The first-order chi connectivity index (χ1) is 19.5. The van der Waals surface area contributed by atoms with Crippen molar-refractivity contribution < 1.29 is 28.8 Å². The van der Waals surface area contributed by atoms with E-state index >= 15 is 0 Å². The smallest absolute Gasteiger partial charge is 0.410 e. The number of halogens is 1. The Balaban J connectivity index is 1.51. The zero-order chi connectivity index (χ0) is 29.4. The molecule has 2 aromatic heterocycles. The number of ether oxygens (including phenoxy) is 4. The van der Waals surface area contributed by atoms with Gasteiger partial charge >= 0.3 is 6.09 Å². The average molecular weight is 587 g/mol. The summed E-state index contributed by atoms with van der Waals surface area (Å²) < 4.78 is 24.7. The topological polar surface area (TPSA) is 108 Å². The number of pyridine rings is 1. The first-order valence-electron chi connectivity index (χ1n) is 14.1. The van der Waals surface area contributed by atoms with Crippen molar-refractivity contribution in [2.45, 2.75) is 63.8 Å². The highest BCUT2D eigenvalue weighted by Crippen LogP contribution is 2.45. The highest BCUT2D eigenvalue weighted by Gasteiger charge is 2.44. The summed E-state index contributed by atoms with van der Waals surface area (Å²) in [5.41, 5.74) is -0.0246. The molecular weight excluding hydrogens is 548 g/mol. The van der Waals surface area contributed by atoms with Crippen LogP contribution in [0.4, 0.5) is 4.79 Å². The van der Waals surface area contributed by atoms with Crippen LogP contribution in [0, 0.1) is 5.92 Å². The van der Waals surface area contributed by atoms with Gasteiger partial charge in [-0.1, -0.05) is 17.7 Å². The Bertz CT molecular complexity index is 1390. The van der Waals surface area contributed by atoms with Crippen molar-refractivity contribution in [3.05, 3.63) is 47.0 Å². The van der Waals surface area contributed by atoms with Gasteiger partial charge in [0.2, 0.25) is 5.75 Å². The van der Waals surface area contributed by atoms with E-state index in [1.807, 2.05) is 50.6 Å². The standard InChI is InChI=1S/C30H39ClN4O6/c1-29(2,3)41-28(36)35-12-8-19(9-13-35)30(37,24-17-32-18-34(24)4)20-6-7-23-22(16-20)25(31)26(27(33-23)38-5)40-21-10-14-39-15-11-21/h6-7,16-19,21,37H,8-15H2,1-5H3. The molecule has 2 aliphatic heterocycles. The number of benzene rings is 1. The molecule has 1 N–H and O–H groups in total. The number of hydrogen-bond acceptors (Lipinski definition) is 8. The summed E-state index contributed by atoms with van der Waals surface area (Å²) in [6.07, 6.45) is 5.62. The van der Waals surface area contributed by atoms with Crippen molar-refractivity contribution in [3.63, 3.8) is 0 Å². The zero-order valence-electron chi connectivity index (χ0n) is 24.4. The van der Waals surface area contributed by atoms with Crippen LogP contribution in [-0.2, 0) is 22.1 Å². The molecule has 222 valence electrons. The molecule has 1 amide bonds. The lowest BCUT2D eigenvalue weighted by Gasteiger charge is -2.42. The number of fused-ring (bicyclic) bond motifs is 1. The van der Waals surface area contributed by atoms with Gasteiger partial charge in [-0.25, -0.2) is 14.8 Å². The molecular formula is C30H39ClN4O6. The van der Waals surface area contributed by atoms with Crippen LogP contribution in [0.3, 0.4) is 0 Å². The minimum Gasteiger partial charge on any atom is -0.483 e. The molecule has 0 radical (unpaired) electrons. The molecule has 10 nitrogen and oxygen atoms in total. The SMILES string of the molecule is COc1nc2ccc(C(O)(c3cncn3C)C3CCN(C(=O)OC(C)(C)C)CC3)cc2c(Cl)c1OC1CCOCC1. The minimum absolute atomic E-state index is 0.0564. The predicted molar refractivity (Wildman–Crippen MR) is 155 cm³/mol. The monoisotopic (exact) mass is 586 g/mol. The van der Waals surface area contributed by atoms with Crippen LogP contribution < -0.4 is 9.47 Å². The number of piperidine rings is 1. The molecule has 2 fully saturated rings. The van der Waals surface area contributed by atoms with Gasteiger partial charge in [0, 0.05) is 44.3 Å². The molecule has 2 aliphatic rings. The maximum atomic E-state index is 12.7. The fraction of sp³-hybridized carbons (Fsp3) is 0.567. The Kier molecular flexibility index (Phi) is 8.36. The summed E-state index contributed by atoms with van der Waals surface area (Å²) in [4.78, 5) is 23.4. The second-order valence-electron chi connectivity index (χ2n) is 11.8. The predicted octanol–water partition coefficient (Wildman–Crippen LogP) is 5.07. The summed E-state index contributed by atoms with van der Waals surface area (Å²) in [7, 11) is 3.41. The molecule has 0 spiro atoms. The van der Waals surface area contributed by atoms with Gasteiger partial charge in [-0.3, -0.25) is 0 Å². The number of carbonyl (C=O) groups excluding carboxylic acids is 1. The highest BCUT2D eigenvalue weighted by molar-refractivity contribution is 6.37. The van der Waals surface area contributed by atoms with Crippen molar-refractivity contribution in [2.24, 2.45) is 13.0 Å². The molecule has 2 saturated heterocycles. The number of imidazole rings is 1. The van der Waals surface area contributed by atoms with Crippen LogP contribution in [0.1, 0.15) is 57.7 Å². The molecule has 0 aliphatic carbocycles. The number of likely N-dealkylation sites (tertiary alicyclic amines) is 1. The van der Waals surface area contributed by atoms with Gasteiger partial charge in [0.25, 0.3) is 5.88 Å². The largest absolute Gasteiger partial charge is 0.483 e. The summed E-state index contributed by atoms with van der Waals surface area (Å²) in [6, 6.07) is 5.60. The average Bonchev–Trinajstić information content (AvgIpc) is 3.39. The lowest BCUT2D eigenvalue weighted by atomic mass is 9.74. The minimum atomic E-state index is -1.40. The first kappa shape index (κ1) is 29.4. The number of aryl methyl sites for hydroxylation is 1. The van der Waals surface area contributed by atoms with Crippen molar-refractivity contribution in [2.75, 3.05) is 33.4 Å². The molecule has 1 atom stereocenters. The van der Waals surface area contributed by atoms with E-state index in [1.54, 1.807) is 24.5 Å². The number of rotatable bonds is 6. The van der Waals surface area contributed by atoms with Gasteiger partial charge in [-0.2, -0.15) is 0 Å². The third-order valence-electron chi connectivity index (χ3n) is 7.88. The van der Waals surface area contributed by atoms with E-state index < -0.39 is 11.2 Å². The Morgan fingerprint density at radius 3 is 2.46 bits per heavy atom. The Morgan fingerprint density at radius 1 is 1.15 bits per heavy atom. The van der Waals surface area contributed by atoms with Crippen LogP contribution >= 0.6 is 11.6 Å². The maximum absolute atomic E-state index is 12.7. The van der Waals surface area contributed by atoms with E-state index in [0.717, 1.165) is 12.8 Å². The second-order valence-corrected chi connectivity index (χ2v) is 12.2. The van der Waals surface area contributed by atoms with Crippen LogP contribution in [-0.4, -0.2) is 75.8 Å². The third kappa shape index (κ3) is 5.96. The molecule has 1 unspecified atom stereocenters. The van der Waals surface area contributed by atoms with Crippen molar-refractivity contribution in [1.29, 1.82) is 0 Å². The molecule has 4 heterocycles. The van der Waals surface area contributed by atoms with Gasteiger partial charge in [0.05, 0.1) is 49.1 Å². The molecule has 1 aromatic carbocycles. The van der Waals surface area contributed by atoms with Crippen LogP contribution in [0.25, 0.3) is 10.9 Å². The zero-order valence-corrected chi connectivity index (χ0v) is 25.1. The van der Waals surface area contributed by atoms with Crippen LogP contribution in [0.15, 0.2) is 30.7 Å². The van der Waals surface area contributed by atoms with E-state index in [4.69, 9.17) is 30.5 Å². The summed E-state index contributed by atoms with van der Waals surface area (Å²) >= 11 is 6.98. The number of aromatic nitrogens is 3. The molecule has 5 rings (SSSR count). The number of aliphatic hydroxyl groups is 1. The fourth-order valence-corrected chi connectivity index (χ4v) is 6.02. The molecule has 0 bridgehead atoms. The normalized spacial score (nSPS) is 18.8. The highest BCUT2D eigenvalue weighted by atomic mass is 35.5. The second kappa shape index (κ2) is 11.7. The van der Waals surface area contributed by atoms with E-state index in [2.05, 4.69) is 9.97 Å². The molecule has 0 saturated carbocycles. The molecule has 41 heavy (non-hydrogen) atoms. The number of hydrogen-bond donors (Lipinski definition) is 1. The number of methoxy groups -OCH3 is 1. The van der Waals surface area contributed by atoms with Gasteiger partial charge < -0.3 is 33.5 Å². The summed E-state index contributed by atoms with van der Waals surface area (Å²) in [5.74, 6) is 0.510. The molecule has 11 heteroatoms. The fourth-order valence-electron chi connectivity index (χ4n) is 5.75. The first-order valence-corrected chi connectivity index (χ1v) is 14.5. The Hall–Kier alpha value is -3.08. The lowest BCUT2D eigenvalue weighted by Crippen LogP contribution is -2.47.